The molecule has 1 aromatic carbocycles. The zero-order valence-electron chi connectivity index (χ0n) is 24.5. The summed E-state index contributed by atoms with van der Waals surface area (Å²) in [7, 11) is 0. The molecule has 0 fully saturated rings. The summed E-state index contributed by atoms with van der Waals surface area (Å²) in [5, 5.41) is 15.2. The van der Waals surface area contributed by atoms with Crippen LogP contribution in [0, 0.1) is 0 Å². The number of hydrogen-bond acceptors (Lipinski definition) is 8. The molecule has 0 saturated heterocycles. The second-order valence-corrected chi connectivity index (χ2v) is 10.9. The molecule has 0 aliphatic carbocycles. The van der Waals surface area contributed by atoms with Crippen molar-refractivity contribution in [3.8, 4) is 5.75 Å². The van der Waals surface area contributed by atoms with Crippen LogP contribution >= 0.6 is 12.6 Å². The number of phenolic OH excluding ortho intramolecular Hbond substituents is 1. The predicted octanol–water partition coefficient (Wildman–Crippen LogP) is 4.51. The Bertz CT molecular complexity index is 935. The van der Waals surface area contributed by atoms with Gasteiger partial charge in [-0.05, 0) is 51.8 Å². The Morgan fingerprint density at radius 1 is 1.00 bits per heavy atom. The Hall–Kier alpha value is -2.95. The van der Waals surface area contributed by atoms with Crippen LogP contribution in [-0.4, -0.2) is 71.0 Å². The van der Waals surface area contributed by atoms with Crippen LogP contribution in [0.5, 0.6) is 5.75 Å². The quantitative estimate of drug-likeness (QED) is 0.121. The number of ether oxygens (including phenoxy) is 2. The van der Waals surface area contributed by atoms with Crippen LogP contribution in [0.3, 0.4) is 0 Å². The number of hydrogen-bond donors (Lipinski definition) is 4. The van der Waals surface area contributed by atoms with Gasteiger partial charge in [-0.2, -0.15) is 12.6 Å². The topological polar surface area (TPSA) is 134 Å². The van der Waals surface area contributed by atoms with Gasteiger partial charge in [-0.25, -0.2) is 4.79 Å². The molecule has 0 spiro atoms. The zero-order chi connectivity index (χ0) is 30.1. The van der Waals surface area contributed by atoms with Gasteiger partial charge in [0.05, 0.1) is 13.0 Å². The van der Waals surface area contributed by atoms with E-state index in [-0.39, 0.29) is 37.6 Å². The van der Waals surface area contributed by atoms with Crippen molar-refractivity contribution in [2.24, 2.45) is 0 Å². The van der Waals surface area contributed by atoms with Gasteiger partial charge in [-0.15, -0.1) is 0 Å². The van der Waals surface area contributed by atoms with E-state index in [2.05, 4.69) is 30.2 Å². The number of carbonyl (C=O) groups excluding carboxylic acids is 4. The first-order valence-corrected chi connectivity index (χ1v) is 14.7. The van der Waals surface area contributed by atoms with Crippen molar-refractivity contribution in [3.63, 3.8) is 0 Å². The number of rotatable bonds is 17. The fraction of sp³-hybridized carbons (Fsp3) is 0.655. The molecule has 0 aliphatic heterocycles. The van der Waals surface area contributed by atoms with Crippen LogP contribution in [0.1, 0.15) is 91.2 Å². The number of nitrogens with zero attached hydrogens (tertiary/aromatic N) is 1. The van der Waals surface area contributed by atoms with Crippen molar-refractivity contribution in [1.29, 1.82) is 0 Å². The van der Waals surface area contributed by atoms with E-state index in [1.165, 1.54) is 17.0 Å². The first-order chi connectivity index (χ1) is 18.9. The van der Waals surface area contributed by atoms with E-state index in [1.807, 2.05) is 0 Å². The molecule has 0 saturated carbocycles. The molecule has 2 atom stereocenters. The molecule has 1 aromatic rings. The van der Waals surface area contributed by atoms with Crippen LogP contribution in [0.2, 0.25) is 0 Å². The largest absolute Gasteiger partial charge is 0.508 e. The number of thiol groups is 1. The Morgan fingerprint density at radius 2 is 1.62 bits per heavy atom. The summed E-state index contributed by atoms with van der Waals surface area (Å²) >= 11 is 4.30. The van der Waals surface area contributed by atoms with Gasteiger partial charge in [-0.1, -0.05) is 51.2 Å². The number of alkyl carbamates (subject to hydrolysis) is 1. The molecule has 0 radical (unpaired) electrons. The fourth-order valence-corrected chi connectivity index (χ4v) is 4.26. The lowest BCUT2D eigenvalue weighted by atomic mass is 10.0. The predicted molar refractivity (Wildman–Crippen MR) is 157 cm³/mol. The minimum Gasteiger partial charge on any atom is -0.508 e. The second kappa shape index (κ2) is 18.4. The van der Waals surface area contributed by atoms with Gasteiger partial charge in [0.25, 0.3) is 0 Å². The third kappa shape index (κ3) is 13.4. The molecule has 40 heavy (non-hydrogen) atoms. The van der Waals surface area contributed by atoms with E-state index >= 15 is 0 Å². The number of aromatic hydroxyl groups is 1. The summed E-state index contributed by atoms with van der Waals surface area (Å²) in [6.07, 6.45) is 5.04. The third-order valence-electron chi connectivity index (χ3n) is 5.91. The van der Waals surface area contributed by atoms with E-state index in [0.717, 1.165) is 32.1 Å². The molecule has 226 valence electrons. The standard InChI is InChI=1S/C29H47N3O7S/c1-6-8-9-10-11-12-19-32(27(36)23(20-40)31-28(37)39-29(3,4)5)25(21-13-15-22(33)16-14-21)26(35)30-18-17-24(34)38-7-2/h13-16,23,25,33,40H,6-12,17-20H2,1-5H3,(H,30,35)(H,31,37). The highest BCUT2D eigenvalue weighted by Gasteiger charge is 2.35. The van der Waals surface area contributed by atoms with E-state index < -0.39 is 41.6 Å². The summed E-state index contributed by atoms with van der Waals surface area (Å²) in [5.41, 5.74) is -0.291. The molecule has 0 aromatic heterocycles. The van der Waals surface area contributed by atoms with Crippen LogP contribution < -0.4 is 10.6 Å². The van der Waals surface area contributed by atoms with Gasteiger partial charge in [-0.3, -0.25) is 14.4 Å². The maximum atomic E-state index is 13.9. The molecular formula is C29H47N3O7S. The number of carbonyl (C=O) groups is 4. The minimum atomic E-state index is -1.08. The maximum absolute atomic E-state index is 13.9. The lowest BCUT2D eigenvalue weighted by molar-refractivity contribution is -0.144. The second-order valence-electron chi connectivity index (χ2n) is 10.5. The lowest BCUT2D eigenvalue weighted by Gasteiger charge is -2.34. The number of benzene rings is 1. The van der Waals surface area contributed by atoms with Crippen LogP contribution in [0.25, 0.3) is 0 Å². The van der Waals surface area contributed by atoms with Gasteiger partial charge in [0, 0.05) is 18.8 Å². The van der Waals surface area contributed by atoms with Gasteiger partial charge >= 0.3 is 12.1 Å². The molecule has 10 nitrogen and oxygen atoms in total. The molecular weight excluding hydrogens is 534 g/mol. The summed E-state index contributed by atoms with van der Waals surface area (Å²) in [6, 6.07) is 3.90. The highest BCUT2D eigenvalue weighted by Crippen LogP contribution is 2.25. The maximum Gasteiger partial charge on any atom is 0.408 e. The zero-order valence-corrected chi connectivity index (χ0v) is 25.4. The van der Waals surface area contributed by atoms with Crippen molar-refractivity contribution >= 4 is 36.5 Å². The van der Waals surface area contributed by atoms with Crippen LogP contribution in [-0.2, 0) is 23.9 Å². The minimum absolute atomic E-state index is 0.0128. The molecule has 3 amide bonds. The number of phenols is 1. The number of amides is 3. The Kier molecular flexibility index (Phi) is 16.1. The lowest BCUT2D eigenvalue weighted by Crippen LogP contribution is -2.54. The Labute approximate surface area is 244 Å². The average molecular weight is 582 g/mol. The highest BCUT2D eigenvalue weighted by molar-refractivity contribution is 7.80. The van der Waals surface area contributed by atoms with Crippen molar-refractivity contribution in [3.05, 3.63) is 29.8 Å². The highest BCUT2D eigenvalue weighted by atomic mass is 32.1. The first kappa shape index (κ1) is 35.1. The van der Waals surface area contributed by atoms with Crippen molar-refractivity contribution in [2.75, 3.05) is 25.4 Å². The van der Waals surface area contributed by atoms with Gasteiger partial charge < -0.3 is 30.1 Å². The van der Waals surface area contributed by atoms with E-state index in [1.54, 1.807) is 39.8 Å². The van der Waals surface area contributed by atoms with Gasteiger partial charge in [0.15, 0.2) is 0 Å². The monoisotopic (exact) mass is 581 g/mol. The van der Waals surface area contributed by atoms with Crippen molar-refractivity contribution in [2.45, 2.75) is 97.2 Å². The van der Waals surface area contributed by atoms with Gasteiger partial charge in [0.1, 0.15) is 23.4 Å². The van der Waals surface area contributed by atoms with E-state index in [0.29, 0.717) is 12.0 Å². The summed E-state index contributed by atoms with van der Waals surface area (Å²) in [5.74, 6) is -1.44. The Balaban J connectivity index is 3.29. The third-order valence-corrected chi connectivity index (χ3v) is 6.27. The molecule has 3 N–H and O–H groups in total. The van der Waals surface area contributed by atoms with E-state index in [9.17, 15) is 24.3 Å². The number of nitrogens with one attached hydrogen (secondary N) is 2. The number of esters is 1. The molecule has 0 bridgehead atoms. The number of unbranched alkanes of at least 4 members (excludes halogenated alkanes) is 5. The van der Waals surface area contributed by atoms with E-state index in [4.69, 9.17) is 9.47 Å². The SMILES string of the molecule is CCCCCCCCN(C(=O)C(CS)NC(=O)OC(C)(C)C)C(C(=O)NCCC(=O)OCC)c1ccc(O)cc1. The molecule has 0 heterocycles. The average Bonchev–Trinajstić information content (AvgIpc) is 2.88. The van der Waals surface area contributed by atoms with Crippen LogP contribution in [0.4, 0.5) is 4.79 Å². The smallest absolute Gasteiger partial charge is 0.408 e. The summed E-state index contributed by atoms with van der Waals surface area (Å²) < 4.78 is 10.3. The molecule has 2 unspecified atom stereocenters. The fourth-order valence-electron chi connectivity index (χ4n) is 4.01. The molecule has 11 heteroatoms. The summed E-state index contributed by atoms with van der Waals surface area (Å²) in [6.45, 7) is 9.51. The van der Waals surface area contributed by atoms with Crippen molar-refractivity contribution in [1.82, 2.24) is 15.5 Å². The molecule has 0 aliphatic rings. The van der Waals surface area contributed by atoms with Crippen molar-refractivity contribution < 1.29 is 33.8 Å². The normalized spacial score (nSPS) is 12.7. The first-order valence-electron chi connectivity index (χ1n) is 14.1. The van der Waals surface area contributed by atoms with Gasteiger partial charge in [0.2, 0.25) is 11.8 Å². The Morgan fingerprint density at radius 3 is 2.20 bits per heavy atom. The van der Waals surface area contributed by atoms with Crippen LogP contribution in [0.15, 0.2) is 24.3 Å². The summed E-state index contributed by atoms with van der Waals surface area (Å²) in [4.78, 5) is 53.2. The molecule has 1 rings (SSSR count).